The number of rotatable bonds is 12. The van der Waals surface area contributed by atoms with Crippen LogP contribution in [0, 0.1) is 0 Å². The van der Waals surface area contributed by atoms with Crippen molar-refractivity contribution in [3.63, 3.8) is 0 Å². The Bertz CT molecular complexity index is 765. The predicted molar refractivity (Wildman–Crippen MR) is 106 cm³/mol. The molecule has 0 fully saturated rings. The van der Waals surface area contributed by atoms with E-state index in [1.54, 1.807) is 31.4 Å². The Hall–Kier alpha value is -2.95. The number of carbonyl (C=O) groups is 3. The molecule has 0 bridgehead atoms. The van der Waals surface area contributed by atoms with Gasteiger partial charge in [0.15, 0.2) is 5.78 Å². The lowest BCUT2D eigenvalue weighted by Crippen LogP contribution is -2.17. The lowest BCUT2D eigenvalue weighted by Gasteiger charge is -2.05. The Morgan fingerprint density at radius 3 is 2.07 bits per heavy atom. The summed E-state index contributed by atoms with van der Waals surface area (Å²) < 4.78 is 10.1. The number of benzene rings is 2. The van der Waals surface area contributed by atoms with Gasteiger partial charge in [-0.3, -0.25) is 9.59 Å². The molecule has 0 heterocycles. The third-order valence-electron chi connectivity index (χ3n) is 4.41. The molecule has 0 amide bonds. The van der Waals surface area contributed by atoms with E-state index in [-0.39, 0.29) is 18.8 Å². The summed E-state index contributed by atoms with van der Waals surface area (Å²) >= 11 is 0. The SMILES string of the molecule is COc1ccc(C(=O)CCCCCCC(=O)C(=O)OCc2ccccc2)cc1. The van der Waals surface area contributed by atoms with Crippen molar-refractivity contribution in [2.75, 3.05) is 7.11 Å². The van der Waals surface area contributed by atoms with Crippen molar-refractivity contribution in [2.45, 2.75) is 45.1 Å². The molecule has 2 aromatic rings. The molecule has 28 heavy (non-hydrogen) atoms. The maximum Gasteiger partial charge on any atom is 0.374 e. The van der Waals surface area contributed by atoms with Crippen molar-refractivity contribution >= 4 is 17.5 Å². The first-order chi connectivity index (χ1) is 13.6. The van der Waals surface area contributed by atoms with Crippen LogP contribution in [-0.4, -0.2) is 24.6 Å². The van der Waals surface area contributed by atoms with Crippen molar-refractivity contribution in [3.05, 3.63) is 65.7 Å². The van der Waals surface area contributed by atoms with E-state index in [4.69, 9.17) is 9.47 Å². The third-order valence-corrected chi connectivity index (χ3v) is 4.41. The number of hydrogen-bond donors (Lipinski definition) is 0. The van der Waals surface area contributed by atoms with Crippen LogP contribution in [0.25, 0.3) is 0 Å². The van der Waals surface area contributed by atoms with Gasteiger partial charge in [0.25, 0.3) is 0 Å². The van der Waals surface area contributed by atoms with Gasteiger partial charge in [-0.25, -0.2) is 4.79 Å². The fourth-order valence-corrected chi connectivity index (χ4v) is 2.75. The monoisotopic (exact) mass is 382 g/mol. The fraction of sp³-hybridized carbons (Fsp3) is 0.348. The van der Waals surface area contributed by atoms with Gasteiger partial charge >= 0.3 is 5.97 Å². The summed E-state index contributed by atoms with van der Waals surface area (Å²) in [6.45, 7) is 0.110. The molecule has 2 aromatic carbocycles. The Balaban J connectivity index is 1.56. The highest BCUT2D eigenvalue weighted by atomic mass is 16.5. The van der Waals surface area contributed by atoms with E-state index >= 15 is 0 Å². The normalized spacial score (nSPS) is 10.3. The van der Waals surface area contributed by atoms with E-state index in [2.05, 4.69) is 0 Å². The van der Waals surface area contributed by atoms with Crippen molar-refractivity contribution < 1.29 is 23.9 Å². The largest absolute Gasteiger partial charge is 0.497 e. The number of Topliss-reactive ketones (excluding diaryl/α,β-unsaturated/α-hetero) is 2. The minimum Gasteiger partial charge on any atom is -0.497 e. The second-order valence-corrected chi connectivity index (χ2v) is 6.55. The smallest absolute Gasteiger partial charge is 0.374 e. The first-order valence-electron chi connectivity index (χ1n) is 9.51. The van der Waals surface area contributed by atoms with Gasteiger partial charge in [0, 0.05) is 18.4 Å². The molecule has 0 atom stereocenters. The van der Waals surface area contributed by atoms with Gasteiger partial charge in [0.1, 0.15) is 12.4 Å². The summed E-state index contributed by atoms with van der Waals surface area (Å²) in [7, 11) is 1.59. The summed E-state index contributed by atoms with van der Waals surface area (Å²) in [5.41, 5.74) is 1.53. The van der Waals surface area contributed by atoms with Gasteiger partial charge in [0.2, 0.25) is 5.78 Å². The summed E-state index contributed by atoms with van der Waals surface area (Å²) in [4.78, 5) is 35.6. The van der Waals surface area contributed by atoms with Crippen LogP contribution in [0.2, 0.25) is 0 Å². The molecule has 5 nitrogen and oxygen atoms in total. The number of carbonyl (C=O) groups excluding carboxylic acids is 3. The summed E-state index contributed by atoms with van der Waals surface area (Å²) in [5, 5.41) is 0. The summed E-state index contributed by atoms with van der Waals surface area (Å²) in [5.74, 6) is -0.449. The quantitative estimate of drug-likeness (QED) is 0.233. The average molecular weight is 382 g/mol. The zero-order valence-electron chi connectivity index (χ0n) is 16.2. The molecule has 0 unspecified atom stereocenters. The summed E-state index contributed by atoms with van der Waals surface area (Å²) in [6.07, 6.45) is 3.68. The molecule has 2 rings (SSSR count). The topological polar surface area (TPSA) is 69.7 Å². The maximum absolute atomic E-state index is 12.1. The zero-order valence-corrected chi connectivity index (χ0v) is 16.2. The molecule has 0 aromatic heterocycles. The Kier molecular flexibility index (Phi) is 8.92. The zero-order chi connectivity index (χ0) is 20.2. The molecule has 0 N–H and O–H groups in total. The van der Waals surface area contributed by atoms with E-state index in [0.717, 1.165) is 30.6 Å². The van der Waals surface area contributed by atoms with Gasteiger partial charge in [-0.2, -0.15) is 0 Å². The second kappa shape index (κ2) is 11.7. The van der Waals surface area contributed by atoms with Gasteiger partial charge in [-0.15, -0.1) is 0 Å². The van der Waals surface area contributed by atoms with Crippen LogP contribution in [-0.2, 0) is 20.9 Å². The van der Waals surface area contributed by atoms with Gasteiger partial charge in [-0.1, -0.05) is 43.2 Å². The van der Waals surface area contributed by atoms with Gasteiger partial charge in [0.05, 0.1) is 7.11 Å². The van der Waals surface area contributed by atoms with Crippen LogP contribution in [0.5, 0.6) is 5.75 Å². The maximum atomic E-state index is 12.1. The van der Waals surface area contributed by atoms with Crippen LogP contribution in [0.3, 0.4) is 0 Å². The van der Waals surface area contributed by atoms with Crippen LogP contribution < -0.4 is 4.74 Å². The molecular formula is C23H26O5. The molecular weight excluding hydrogens is 356 g/mol. The first-order valence-corrected chi connectivity index (χ1v) is 9.51. The molecule has 0 spiro atoms. The lowest BCUT2D eigenvalue weighted by atomic mass is 10.0. The first kappa shape index (κ1) is 21.4. The Morgan fingerprint density at radius 1 is 0.786 bits per heavy atom. The molecule has 0 radical (unpaired) electrons. The molecule has 0 aliphatic heterocycles. The number of esters is 1. The van der Waals surface area contributed by atoms with Crippen molar-refractivity contribution in [3.8, 4) is 5.75 Å². The highest BCUT2D eigenvalue weighted by Gasteiger charge is 2.15. The Labute approximate surface area is 165 Å². The van der Waals surface area contributed by atoms with E-state index in [9.17, 15) is 14.4 Å². The molecule has 0 saturated carbocycles. The highest BCUT2D eigenvalue weighted by molar-refractivity contribution is 6.33. The average Bonchev–Trinajstić information content (AvgIpc) is 2.74. The van der Waals surface area contributed by atoms with E-state index in [1.165, 1.54) is 0 Å². The van der Waals surface area contributed by atoms with Crippen LogP contribution in [0.15, 0.2) is 54.6 Å². The van der Waals surface area contributed by atoms with Crippen molar-refractivity contribution in [2.24, 2.45) is 0 Å². The summed E-state index contributed by atoms with van der Waals surface area (Å²) in [6, 6.07) is 16.3. The predicted octanol–water partition coefficient (Wildman–Crippen LogP) is 4.53. The van der Waals surface area contributed by atoms with E-state index < -0.39 is 11.8 Å². The van der Waals surface area contributed by atoms with Crippen molar-refractivity contribution in [1.29, 1.82) is 0 Å². The van der Waals surface area contributed by atoms with Crippen molar-refractivity contribution in [1.82, 2.24) is 0 Å². The minimum atomic E-state index is -0.779. The van der Waals surface area contributed by atoms with Crippen LogP contribution in [0.4, 0.5) is 0 Å². The van der Waals surface area contributed by atoms with Crippen LogP contribution >= 0.6 is 0 Å². The molecule has 0 aliphatic carbocycles. The molecule has 5 heteroatoms. The number of hydrogen-bond acceptors (Lipinski definition) is 5. The molecule has 0 aliphatic rings. The fourth-order valence-electron chi connectivity index (χ4n) is 2.75. The number of ketones is 2. The third kappa shape index (κ3) is 7.35. The van der Waals surface area contributed by atoms with E-state index in [1.807, 2.05) is 30.3 Å². The minimum absolute atomic E-state index is 0.100. The van der Waals surface area contributed by atoms with Gasteiger partial charge < -0.3 is 9.47 Å². The Morgan fingerprint density at radius 2 is 1.43 bits per heavy atom. The standard InChI is InChI=1S/C23H26O5/c1-27-20-15-13-19(14-16-20)21(24)11-7-2-3-8-12-22(25)23(26)28-17-18-9-5-4-6-10-18/h4-6,9-10,13-16H,2-3,7-8,11-12,17H2,1H3. The number of ether oxygens (including phenoxy) is 2. The second-order valence-electron chi connectivity index (χ2n) is 6.55. The van der Waals surface area contributed by atoms with Gasteiger partial charge in [-0.05, 0) is 42.7 Å². The molecule has 0 saturated heterocycles. The molecule has 148 valence electrons. The lowest BCUT2D eigenvalue weighted by molar-refractivity contribution is -0.154. The number of unbranched alkanes of at least 4 members (excludes halogenated alkanes) is 3. The van der Waals surface area contributed by atoms with E-state index in [0.29, 0.717) is 18.4 Å². The number of methoxy groups -OCH3 is 1. The van der Waals surface area contributed by atoms with Crippen LogP contribution in [0.1, 0.15) is 54.4 Å². The highest BCUT2D eigenvalue weighted by Crippen LogP contribution is 2.15.